The lowest BCUT2D eigenvalue weighted by Crippen LogP contribution is -2.16. The molecule has 0 atom stereocenters. The summed E-state index contributed by atoms with van der Waals surface area (Å²) in [5, 5.41) is 3.13. The van der Waals surface area contributed by atoms with Crippen LogP contribution < -0.4 is 5.56 Å². The van der Waals surface area contributed by atoms with E-state index in [0.29, 0.717) is 33.9 Å². The number of thiazole rings is 1. The number of methoxy groups -OCH3 is 1. The molecule has 0 unspecified atom stereocenters. The van der Waals surface area contributed by atoms with Crippen molar-refractivity contribution in [2.24, 2.45) is 0 Å². The van der Waals surface area contributed by atoms with E-state index in [9.17, 15) is 9.59 Å². The molecule has 0 amide bonds. The van der Waals surface area contributed by atoms with Crippen LogP contribution in [0.25, 0.3) is 17.0 Å². The van der Waals surface area contributed by atoms with Gasteiger partial charge in [-0.2, -0.15) is 4.68 Å². The first-order chi connectivity index (χ1) is 13.5. The Labute approximate surface area is 168 Å². The zero-order chi connectivity index (χ0) is 19.8. The highest BCUT2D eigenvalue weighted by atomic mass is 32.2. The van der Waals surface area contributed by atoms with Gasteiger partial charge in [-0.15, -0.1) is 11.3 Å². The van der Waals surface area contributed by atoms with E-state index in [4.69, 9.17) is 4.74 Å². The van der Waals surface area contributed by atoms with Gasteiger partial charge >= 0.3 is 5.97 Å². The molecule has 4 rings (SSSR count). The largest absolute Gasteiger partial charge is 0.465 e. The second kappa shape index (κ2) is 7.28. The van der Waals surface area contributed by atoms with E-state index in [2.05, 4.69) is 20.1 Å². The SMILES string of the molecule is COC(=O)c1ccc2nc(-n3[nH]c(CSc4ncc(C)s4)c(C)c3=O)[nH]c2c1. The van der Waals surface area contributed by atoms with Gasteiger partial charge in [0.15, 0.2) is 0 Å². The van der Waals surface area contributed by atoms with Gasteiger partial charge in [0, 0.05) is 22.4 Å². The number of H-pyrrole nitrogens is 2. The molecule has 0 aliphatic rings. The number of fused-ring (bicyclic) bond motifs is 1. The molecule has 0 radical (unpaired) electrons. The third kappa shape index (κ3) is 3.36. The van der Waals surface area contributed by atoms with Gasteiger partial charge in [0.05, 0.1) is 29.4 Å². The van der Waals surface area contributed by atoms with E-state index >= 15 is 0 Å². The van der Waals surface area contributed by atoms with Crippen molar-refractivity contribution in [2.75, 3.05) is 7.11 Å². The van der Waals surface area contributed by atoms with Gasteiger partial charge in [-0.25, -0.2) is 14.8 Å². The lowest BCUT2D eigenvalue weighted by Gasteiger charge is -1.98. The predicted octanol–water partition coefficient (Wildman–Crippen LogP) is 3.19. The number of nitrogens with zero attached hydrogens (tertiary/aromatic N) is 3. The highest BCUT2D eigenvalue weighted by Gasteiger charge is 2.16. The molecule has 0 fully saturated rings. The van der Waals surface area contributed by atoms with Crippen molar-refractivity contribution in [3.05, 3.63) is 56.4 Å². The molecule has 0 spiro atoms. The Bertz CT molecular complexity index is 1230. The van der Waals surface area contributed by atoms with Gasteiger partial charge in [0.1, 0.15) is 4.34 Å². The van der Waals surface area contributed by atoms with Gasteiger partial charge in [0.2, 0.25) is 5.95 Å². The quantitative estimate of drug-likeness (QED) is 0.383. The van der Waals surface area contributed by atoms with E-state index in [0.717, 1.165) is 14.9 Å². The minimum absolute atomic E-state index is 0.168. The van der Waals surface area contributed by atoms with E-state index in [-0.39, 0.29) is 5.56 Å². The Morgan fingerprint density at radius 2 is 2.18 bits per heavy atom. The number of aromatic amines is 2. The molecule has 0 aliphatic carbocycles. The van der Waals surface area contributed by atoms with E-state index < -0.39 is 5.97 Å². The molecule has 28 heavy (non-hydrogen) atoms. The maximum atomic E-state index is 12.7. The van der Waals surface area contributed by atoms with Gasteiger partial charge in [-0.3, -0.25) is 9.89 Å². The van der Waals surface area contributed by atoms with Crippen LogP contribution in [0, 0.1) is 13.8 Å². The number of ether oxygens (including phenoxy) is 1. The van der Waals surface area contributed by atoms with Crippen LogP contribution in [-0.4, -0.2) is 37.8 Å². The van der Waals surface area contributed by atoms with Crippen molar-refractivity contribution in [3.63, 3.8) is 0 Å². The standard InChI is InChI=1S/C18H17N5O3S2/c1-9-7-19-18(28-9)27-8-14-10(2)15(24)23(22-14)17-20-12-5-4-11(16(25)26-3)6-13(12)21-17/h4-7,22H,8H2,1-3H3,(H,20,21). The number of aryl methyl sites for hydroxylation is 1. The van der Waals surface area contributed by atoms with Crippen LogP contribution >= 0.6 is 23.1 Å². The Hall–Kier alpha value is -2.85. The first kappa shape index (κ1) is 18.5. The van der Waals surface area contributed by atoms with Crippen LogP contribution in [0.1, 0.15) is 26.5 Å². The maximum Gasteiger partial charge on any atom is 0.337 e. The third-order valence-electron chi connectivity index (χ3n) is 4.27. The summed E-state index contributed by atoms with van der Waals surface area (Å²) in [7, 11) is 1.33. The first-order valence-electron chi connectivity index (χ1n) is 8.40. The zero-order valence-corrected chi connectivity index (χ0v) is 17.0. The Morgan fingerprint density at radius 1 is 1.36 bits per heavy atom. The van der Waals surface area contributed by atoms with Crippen LogP contribution in [0.3, 0.4) is 0 Å². The number of thioether (sulfide) groups is 1. The smallest absolute Gasteiger partial charge is 0.337 e. The zero-order valence-electron chi connectivity index (χ0n) is 15.4. The molecular weight excluding hydrogens is 398 g/mol. The van der Waals surface area contributed by atoms with Gasteiger partial charge in [0.25, 0.3) is 5.56 Å². The molecule has 0 bridgehead atoms. The molecule has 0 aliphatic heterocycles. The minimum atomic E-state index is -0.428. The number of aromatic nitrogens is 5. The molecule has 2 N–H and O–H groups in total. The summed E-state index contributed by atoms with van der Waals surface area (Å²) in [5.74, 6) is 0.544. The monoisotopic (exact) mass is 415 g/mol. The van der Waals surface area contributed by atoms with Crippen molar-refractivity contribution in [3.8, 4) is 5.95 Å². The molecule has 144 valence electrons. The Morgan fingerprint density at radius 3 is 2.89 bits per heavy atom. The van der Waals surface area contributed by atoms with E-state index in [1.807, 2.05) is 13.1 Å². The number of rotatable bonds is 5. The average Bonchev–Trinajstić information content (AvgIpc) is 3.37. The number of hydrogen-bond acceptors (Lipinski definition) is 7. The van der Waals surface area contributed by atoms with Crippen molar-refractivity contribution in [1.82, 2.24) is 24.7 Å². The fourth-order valence-corrected chi connectivity index (χ4v) is 4.71. The van der Waals surface area contributed by atoms with Crippen LogP contribution in [0.5, 0.6) is 0 Å². The highest BCUT2D eigenvalue weighted by Crippen LogP contribution is 2.27. The fourth-order valence-electron chi connectivity index (χ4n) is 2.74. The van der Waals surface area contributed by atoms with Crippen molar-refractivity contribution in [1.29, 1.82) is 0 Å². The number of nitrogens with one attached hydrogen (secondary N) is 2. The predicted molar refractivity (Wildman–Crippen MR) is 109 cm³/mol. The van der Waals surface area contributed by atoms with Crippen LogP contribution in [0.4, 0.5) is 0 Å². The van der Waals surface area contributed by atoms with Gasteiger partial charge in [-0.1, -0.05) is 11.8 Å². The number of hydrogen-bond donors (Lipinski definition) is 2. The molecule has 0 saturated carbocycles. The minimum Gasteiger partial charge on any atom is -0.465 e. The number of carbonyl (C=O) groups is 1. The van der Waals surface area contributed by atoms with Gasteiger partial charge < -0.3 is 9.72 Å². The highest BCUT2D eigenvalue weighted by molar-refractivity contribution is 8.00. The average molecular weight is 416 g/mol. The summed E-state index contributed by atoms with van der Waals surface area (Å²) in [5.41, 5.74) is 2.99. The van der Waals surface area contributed by atoms with Crippen molar-refractivity contribution < 1.29 is 9.53 Å². The van der Waals surface area contributed by atoms with Crippen LogP contribution in [0.2, 0.25) is 0 Å². The number of imidazole rings is 1. The Kier molecular flexibility index (Phi) is 4.82. The molecular formula is C18H17N5O3S2. The number of esters is 1. The third-order valence-corrected chi connectivity index (χ3v) is 6.36. The van der Waals surface area contributed by atoms with Crippen molar-refractivity contribution >= 4 is 40.1 Å². The molecule has 3 heterocycles. The molecule has 4 aromatic rings. The summed E-state index contributed by atoms with van der Waals surface area (Å²) in [6.45, 7) is 3.80. The summed E-state index contributed by atoms with van der Waals surface area (Å²) < 4.78 is 7.09. The lowest BCUT2D eigenvalue weighted by atomic mass is 10.2. The summed E-state index contributed by atoms with van der Waals surface area (Å²) >= 11 is 3.21. The van der Waals surface area contributed by atoms with E-state index in [1.54, 1.807) is 48.2 Å². The topological polar surface area (TPSA) is 106 Å². The maximum absolute atomic E-state index is 12.7. The van der Waals surface area contributed by atoms with Crippen molar-refractivity contribution in [2.45, 2.75) is 23.9 Å². The van der Waals surface area contributed by atoms with E-state index in [1.165, 1.54) is 11.8 Å². The molecule has 10 heteroatoms. The first-order valence-corrected chi connectivity index (χ1v) is 10.2. The second-order valence-electron chi connectivity index (χ2n) is 6.17. The van der Waals surface area contributed by atoms with Gasteiger partial charge in [-0.05, 0) is 32.0 Å². The number of carbonyl (C=O) groups excluding carboxylic acids is 1. The summed E-state index contributed by atoms with van der Waals surface area (Å²) in [6.07, 6.45) is 1.84. The van der Waals surface area contributed by atoms with Crippen LogP contribution in [-0.2, 0) is 10.5 Å². The lowest BCUT2D eigenvalue weighted by molar-refractivity contribution is 0.0601. The molecule has 0 saturated heterocycles. The number of benzene rings is 1. The molecule has 1 aromatic carbocycles. The fraction of sp³-hybridized carbons (Fsp3) is 0.222. The molecule has 3 aromatic heterocycles. The summed E-state index contributed by atoms with van der Waals surface area (Å²) in [6, 6.07) is 5.00. The Balaban J connectivity index is 1.65. The summed E-state index contributed by atoms with van der Waals surface area (Å²) in [4.78, 5) is 37.4. The normalized spacial score (nSPS) is 11.2. The molecule has 8 nitrogen and oxygen atoms in total. The van der Waals surface area contributed by atoms with Crippen LogP contribution in [0.15, 0.2) is 33.5 Å². The second-order valence-corrected chi connectivity index (χ2v) is 8.62.